The predicted octanol–water partition coefficient (Wildman–Crippen LogP) is -0.0854. The quantitative estimate of drug-likeness (QED) is 0.604. The number of aliphatic hydroxyl groups excluding tert-OH is 1. The van der Waals surface area contributed by atoms with Crippen molar-refractivity contribution < 1.29 is 19.1 Å². The number of hydrogen-bond acceptors (Lipinski definition) is 3. The molecule has 0 aliphatic carbocycles. The number of aliphatic hydroxyl groups is 1. The highest BCUT2D eigenvalue weighted by Gasteiger charge is 2.48. The Bertz CT molecular complexity index is 307. The molecule has 2 N–H and O–H groups in total. The standard InChI is InChI=1S/C9H15NO3/c1-10-5-2-3-6(10)8(9(12)13)7(11)4-5/h5-8,11H,2-4H2,1H3,(H,12,13)/i1D3. The molecular weight excluding hydrogens is 170 g/mol. The molecule has 4 atom stereocenters. The van der Waals surface area contributed by atoms with Crippen LogP contribution in [0.2, 0.25) is 0 Å². The summed E-state index contributed by atoms with van der Waals surface area (Å²) >= 11 is 0. The minimum absolute atomic E-state index is 0.205. The Hall–Kier alpha value is -0.610. The van der Waals surface area contributed by atoms with Crippen LogP contribution in [0.1, 0.15) is 23.4 Å². The Labute approximate surface area is 81.4 Å². The van der Waals surface area contributed by atoms with Crippen LogP contribution >= 0.6 is 0 Å². The van der Waals surface area contributed by atoms with E-state index in [0.29, 0.717) is 12.8 Å². The number of carboxylic acids is 1. The smallest absolute Gasteiger partial charge is 0.310 e. The highest BCUT2D eigenvalue weighted by atomic mass is 16.4. The molecule has 2 aliphatic rings. The lowest BCUT2D eigenvalue weighted by atomic mass is 9.88. The second kappa shape index (κ2) is 2.96. The molecule has 74 valence electrons. The van der Waals surface area contributed by atoms with Crippen LogP contribution < -0.4 is 0 Å². The third-order valence-electron chi connectivity index (χ3n) is 3.17. The van der Waals surface area contributed by atoms with E-state index in [-0.39, 0.29) is 12.5 Å². The molecule has 0 saturated carbocycles. The predicted molar refractivity (Wildman–Crippen MR) is 46.3 cm³/mol. The van der Waals surface area contributed by atoms with Gasteiger partial charge in [-0.05, 0) is 26.2 Å². The zero-order chi connectivity index (χ0) is 12.1. The summed E-state index contributed by atoms with van der Waals surface area (Å²) in [6.45, 7) is -2.26. The van der Waals surface area contributed by atoms with Crippen molar-refractivity contribution in [2.45, 2.75) is 37.5 Å². The van der Waals surface area contributed by atoms with Gasteiger partial charge in [-0.25, -0.2) is 0 Å². The number of nitrogens with zero attached hydrogens (tertiary/aromatic N) is 1. The van der Waals surface area contributed by atoms with Crippen LogP contribution in [0.4, 0.5) is 0 Å². The molecule has 0 spiro atoms. The molecule has 0 radical (unpaired) electrons. The monoisotopic (exact) mass is 188 g/mol. The second-order valence-corrected chi connectivity index (χ2v) is 3.87. The molecule has 2 rings (SSSR count). The van der Waals surface area contributed by atoms with Gasteiger partial charge in [0.15, 0.2) is 0 Å². The van der Waals surface area contributed by atoms with Gasteiger partial charge < -0.3 is 10.2 Å². The lowest BCUT2D eigenvalue weighted by Gasteiger charge is -2.38. The van der Waals surface area contributed by atoms with Crippen molar-refractivity contribution in [3.63, 3.8) is 0 Å². The van der Waals surface area contributed by atoms with Crippen molar-refractivity contribution in [1.82, 2.24) is 4.90 Å². The number of aliphatic carboxylic acids is 1. The third-order valence-corrected chi connectivity index (χ3v) is 3.17. The normalized spacial score (nSPS) is 49.5. The molecule has 2 bridgehead atoms. The van der Waals surface area contributed by atoms with Gasteiger partial charge in [0.25, 0.3) is 0 Å². The Morgan fingerprint density at radius 2 is 2.38 bits per heavy atom. The van der Waals surface area contributed by atoms with Crippen LogP contribution in [0, 0.1) is 5.92 Å². The number of piperidine rings is 1. The Kier molecular flexibility index (Phi) is 1.36. The van der Waals surface area contributed by atoms with E-state index in [1.54, 1.807) is 0 Å². The van der Waals surface area contributed by atoms with Crippen LogP contribution in [0.5, 0.6) is 0 Å². The number of hydrogen-bond donors (Lipinski definition) is 2. The van der Waals surface area contributed by atoms with Gasteiger partial charge in [-0.1, -0.05) is 0 Å². The van der Waals surface area contributed by atoms with Gasteiger partial charge in [0.05, 0.1) is 12.0 Å². The Morgan fingerprint density at radius 3 is 3.00 bits per heavy atom. The first kappa shape index (κ1) is 5.98. The minimum atomic E-state index is -2.26. The molecule has 2 saturated heterocycles. The summed E-state index contributed by atoms with van der Waals surface area (Å²) in [7, 11) is 0. The van der Waals surface area contributed by atoms with E-state index in [2.05, 4.69) is 0 Å². The van der Waals surface area contributed by atoms with Gasteiger partial charge in [-0.2, -0.15) is 0 Å². The fraction of sp³-hybridized carbons (Fsp3) is 0.889. The van der Waals surface area contributed by atoms with Crippen molar-refractivity contribution in [1.29, 1.82) is 0 Å². The number of fused-ring (bicyclic) bond motifs is 2. The molecule has 0 aromatic heterocycles. The van der Waals surface area contributed by atoms with E-state index in [0.717, 1.165) is 0 Å². The van der Waals surface area contributed by atoms with E-state index in [4.69, 9.17) is 9.22 Å². The van der Waals surface area contributed by atoms with Crippen LogP contribution in [0.25, 0.3) is 0 Å². The zero-order valence-electron chi connectivity index (χ0n) is 10.2. The van der Waals surface area contributed by atoms with E-state index in [9.17, 15) is 9.90 Å². The molecule has 4 unspecified atom stereocenters. The second-order valence-electron chi connectivity index (χ2n) is 3.87. The maximum Gasteiger partial charge on any atom is 0.310 e. The third kappa shape index (κ3) is 1.25. The average Bonchev–Trinajstić information content (AvgIpc) is 2.40. The maximum atomic E-state index is 11.1. The summed E-state index contributed by atoms with van der Waals surface area (Å²) in [5.41, 5.74) is 0. The van der Waals surface area contributed by atoms with Gasteiger partial charge >= 0.3 is 5.97 Å². The molecule has 2 aliphatic heterocycles. The van der Waals surface area contributed by atoms with Crippen LogP contribution in [-0.4, -0.2) is 46.2 Å². The van der Waals surface area contributed by atoms with Crippen molar-refractivity contribution in [2.24, 2.45) is 5.92 Å². The zero-order valence-corrected chi connectivity index (χ0v) is 7.18. The number of carboxylic acid groups (broad SMARTS) is 1. The minimum Gasteiger partial charge on any atom is -0.481 e. The van der Waals surface area contributed by atoms with Crippen LogP contribution in [0.3, 0.4) is 0 Å². The highest BCUT2D eigenvalue weighted by molar-refractivity contribution is 5.72. The first-order valence-corrected chi connectivity index (χ1v) is 4.51. The first-order chi connectivity index (χ1) is 7.32. The van der Waals surface area contributed by atoms with Crippen molar-refractivity contribution in [3.8, 4) is 0 Å². The summed E-state index contributed by atoms with van der Waals surface area (Å²) in [5.74, 6) is -2.08. The topological polar surface area (TPSA) is 60.8 Å². The maximum absolute atomic E-state index is 11.1. The van der Waals surface area contributed by atoms with E-state index < -0.39 is 31.0 Å². The lowest BCUT2D eigenvalue weighted by molar-refractivity contribution is -0.151. The van der Waals surface area contributed by atoms with E-state index in [1.807, 2.05) is 0 Å². The van der Waals surface area contributed by atoms with Crippen molar-refractivity contribution >= 4 is 5.97 Å². The molecule has 0 amide bonds. The number of rotatable bonds is 1. The molecule has 0 aromatic carbocycles. The largest absolute Gasteiger partial charge is 0.481 e. The molecule has 4 heteroatoms. The van der Waals surface area contributed by atoms with Gasteiger partial charge in [0, 0.05) is 16.2 Å². The lowest BCUT2D eigenvalue weighted by Crippen LogP contribution is -2.51. The van der Waals surface area contributed by atoms with Crippen molar-refractivity contribution in [2.75, 3.05) is 6.98 Å². The summed E-state index contributed by atoms with van der Waals surface area (Å²) in [6.07, 6.45) is 0.515. The average molecular weight is 188 g/mol. The summed E-state index contributed by atoms with van der Waals surface area (Å²) in [4.78, 5) is 12.4. The SMILES string of the molecule is [2H]C([2H])([2H])N1C2CCC1C(C(=O)O)C(O)C2. The van der Waals surface area contributed by atoms with Crippen molar-refractivity contribution in [3.05, 3.63) is 0 Å². The van der Waals surface area contributed by atoms with Crippen LogP contribution in [-0.2, 0) is 4.79 Å². The van der Waals surface area contributed by atoms with Gasteiger partial charge in [-0.15, -0.1) is 0 Å². The van der Waals surface area contributed by atoms with Gasteiger partial charge in [0.1, 0.15) is 0 Å². The fourth-order valence-corrected chi connectivity index (χ4v) is 2.51. The van der Waals surface area contributed by atoms with Gasteiger partial charge in [0.2, 0.25) is 0 Å². The van der Waals surface area contributed by atoms with E-state index >= 15 is 0 Å². The molecule has 13 heavy (non-hydrogen) atoms. The summed E-state index contributed by atoms with van der Waals surface area (Å²) < 4.78 is 22.2. The number of carbonyl (C=O) groups is 1. The van der Waals surface area contributed by atoms with Gasteiger partial charge in [-0.3, -0.25) is 9.69 Å². The Morgan fingerprint density at radius 1 is 1.62 bits per heavy atom. The molecule has 4 nitrogen and oxygen atoms in total. The molecule has 2 heterocycles. The Balaban J connectivity index is 2.29. The molecule has 0 aromatic rings. The fourth-order valence-electron chi connectivity index (χ4n) is 2.51. The highest BCUT2D eigenvalue weighted by Crippen LogP contribution is 2.38. The van der Waals surface area contributed by atoms with E-state index in [1.165, 1.54) is 4.90 Å². The molecular formula is C9H15NO3. The summed E-state index contributed by atoms with van der Waals surface area (Å²) in [5, 5.41) is 18.8. The van der Waals surface area contributed by atoms with Crippen LogP contribution in [0.15, 0.2) is 0 Å². The summed E-state index contributed by atoms with van der Waals surface area (Å²) in [6, 6.07) is -0.762. The first-order valence-electron chi connectivity index (χ1n) is 6.01. The molecule has 2 fully saturated rings.